The second-order valence-electron chi connectivity index (χ2n) is 4.51. The molecule has 0 spiro atoms. The molecule has 0 saturated carbocycles. The summed E-state index contributed by atoms with van der Waals surface area (Å²) >= 11 is 6.40. The third-order valence-corrected chi connectivity index (χ3v) is 4.50. The summed E-state index contributed by atoms with van der Waals surface area (Å²) in [5.74, 6) is 0.132. The zero-order valence-electron chi connectivity index (χ0n) is 11.5. The molecule has 2 amide bonds. The van der Waals surface area contributed by atoms with Crippen LogP contribution in [0.3, 0.4) is 0 Å². The lowest BCUT2D eigenvalue weighted by molar-refractivity contribution is -0.128. The molecule has 1 heterocycles. The summed E-state index contributed by atoms with van der Waals surface area (Å²) in [5, 5.41) is 0. The highest BCUT2D eigenvalue weighted by atomic mass is 32.2. The second-order valence-corrected chi connectivity index (χ2v) is 6.12. The molecular weight excluding hydrogens is 292 g/mol. The van der Waals surface area contributed by atoms with Crippen molar-refractivity contribution < 1.29 is 9.59 Å². The van der Waals surface area contributed by atoms with Gasteiger partial charge in [-0.3, -0.25) is 14.5 Å². The van der Waals surface area contributed by atoms with Crippen LogP contribution in [0.2, 0.25) is 0 Å². The molecule has 1 aromatic rings. The molecule has 0 radical (unpaired) electrons. The maximum absolute atomic E-state index is 12.4. The number of hydrogen-bond acceptors (Lipinski definition) is 4. The van der Waals surface area contributed by atoms with Crippen LogP contribution in [0.15, 0.2) is 24.3 Å². The van der Waals surface area contributed by atoms with Crippen molar-refractivity contribution in [2.24, 2.45) is 0 Å². The van der Waals surface area contributed by atoms with E-state index in [4.69, 9.17) is 12.2 Å². The van der Waals surface area contributed by atoms with Crippen molar-refractivity contribution in [2.75, 3.05) is 23.7 Å². The molecule has 1 saturated heterocycles. The first-order valence-corrected chi connectivity index (χ1v) is 7.76. The number of likely N-dealkylation sites (N-methyl/N-ethyl adjacent to an activating group) is 1. The van der Waals surface area contributed by atoms with Crippen molar-refractivity contribution in [2.45, 2.75) is 13.8 Å². The molecule has 0 aliphatic carbocycles. The van der Waals surface area contributed by atoms with Crippen LogP contribution in [-0.4, -0.2) is 39.9 Å². The number of aryl methyl sites for hydroxylation is 1. The van der Waals surface area contributed by atoms with Gasteiger partial charge >= 0.3 is 0 Å². The maximum Gasteiger partial charge on any atom is 0.247 e. The van der Waals surface area contributed by atoms with Gasteiger partial charge in [0.2, 0.25) is 11.8 Å². The van der Waals surface area contributed by atoms with E-state index in [2.05, 4.69) is 0 Å². The molecule has 1 fully saturated rings. The Kier molecular flexibility index (Phi) is 4.77. The Morgan fingerprint density at radius 2 is 2.25 bits per heavy atom. The topological polar surface area (TPSA) is 40.6 Å². The average molecular weight is 308 g/mol. The van der Waals surface area contributed by atoms with E-state index in [1.165, 1.54) is 16.7 Å². The van der Waals surface area contributed by atoms with Crippen LogP contribution in [-0.2, 0) is 9.59 Å². The number of carbonyl (C=O) groups is 2. The third-order valence-electron chi connectivity index (χ3n) is 3.06. The number of hydrogen-bond donors (Lipinski definition) is 0. The number of thioether (sulfide) groups is 1. The van der Waals surface area contributed by atoms with E-state index in [9.17, 15) is 9.59 Å². The lowest BCUT2D eigenvalue weighted by atomic mass is 10.2. The molecule has 1 aromatic carbocycles. The van der Waals surface area contributed by atoms with Gasteiger partial charge in [-0.2, -0.15) is 0 Å². The highest BCUT2D eigenvalue weighted by molar-refractivity contribution is 8.23. The minimum Gasteiger partial charge on any atom is -0.311 e. The largest absolute Gasteiger partial charge is 0.311 e. The Hall–Kier alpha value is -1.40. The Labute approximate surface area is 128 Å². The number of rotatable bonds is 4. The van der Waals surface area contributed by atoms with Crippen molar-refractivity contribution in [1.82, 2.24) is 4.90 Å². The number of thiocarbonyl (C=S) groups is 1. The summed E-state index contributed by atoms with van der Waals surface area (Å²) in [7, 11) is 0. The molecule has 0 bridgehead atoms. The highest BCUT2D eigenvalue weighted by Crippen LogP contribution is 2.21. The summed E-state index contributed by atoms with van der Waals surface area (Å²) in [5.41, 5.74) is 1.94. The molecule has 0 unspecified atom stereocenters. The van der Waals surface area contributed by atoms with Crippen molar-refractivity contribution >= 4 is 45.8 Å². The van der Waals surface area contributed by atoms with Gasteiger partial charge in [0.15, 0.2) is 0 Å². The molecule has 6 heteroatoms. The normalized spacial score (nSPS) is 14.8. The summed E-state index contributed by atoms with van der Waals surface area (Å²) in [4.78, 5) is 27.1. The van der Waals surface area contributed by atoms with Gasteiger partial charge in [-0.15, -0.1) is 0 Å². The van der Waals surface area contributed by atoms with Crippen molar-refractivity contribution in [3.8, 4) is 0 Å². The fourth-order valence-electron chi connectivity index (χ4n) is 2.05. The van der Waals surface area contributed by atoms with Crippen LogP contribution in [0.5, 0.6) is 0 Å². The Morgan fingerprint density at radius 3 is 2.80 bits per heavy atom. The molecule has 0 atom stereocenters. The van der Waals surface area contributed by atoms with E-state index in [0.29, 0.717) is 16.6 Å². The Balaban J connectivity index is 2.13. The number of amides is 2. The molecule has 20 heavy (non-hydrogen) atoms. The summed E-state index contributed by atoms with van der Waals surface area (Å²) in [6.45, 7) is 4.48. The second kappa shape index (κ2) is 6.37. The highest BCUT2D eigenvalue weighted by Gasteiger charge is 2.29. The van der Waals surface area contributed by atoms with Crippen molar-refractivity contribution in [3.63, 3.8) is 0 Å². The van der Waals surface area contributed by atoms with Gasteiger partial charge in [0.1, 0.15) is 10.9 Å². The number of benzene rings is 1. The van der Waals surface area contributed by atoms with Gasteiger partial charge in [-0.1, -0.05) is 36.1 Å². The summed E-state index contributed by atoms with van der Waals surface area (Å²) in [6, 6.07) is 7.76. The lowest BCUT2D eigenvalue weighted by Crippen LogP contribution is -2.42. The molecule has 1 aliphatic rings. The molecule has 4 nitrogen and oxygen atoms in total. The van der Waals surface area contributed by atoms with Crippen LogP contribution in [0, 0.1) is 6.92 Å². The quantitative estimate of drug-likeness (QED) is 0.800. The molecule has 2 rings (SSSR count). The molecule has 0 N–H and O–H groups in total. The summed E-state index contributed by atoms with van der Waals surface area (Å²) in [6.07, 6.45) is 0. The standard InChI is InChI=1S/C14H16N2O2S2/c1-3-15(11-6-4-5-10(2)7-11)12(17)8-16-13(18)9-20-14(16)19/h4-7H,3,8-9H2,1-2H3. The zero-order valence-corrected chi connectivity index (χ0v) is 13.1. The first kappa shape index (κ1) is 15.0. The number of nitrogens with zero attached hydrogens (tertiary/aromatic N) is 2. The van der Waals surface area contributed by atoms with Crippen molar-refractivity contribution in [1.29, 1.82) is 0 Å². The SMILES string of the molecule is CCN(C(=O)CN1C(=O)CSC1=S)c1cccc(C)c1. The van der Waals surface area contributed by atoms with Gasteiger partial charge in [0, 0.05) is 12.2 Å². The van der Waals surface area contributed by atoms with Gasteiger partial charge in [0.05, 0.1) is 5.75 Å². The van der Waals surface area contributed by atoms with Crippen molar-refractivity contribution in [3.05, 3.63) is 29.8 Å². The monoisotopic (exact) mass is 308 g/mol. The van der Waals surface area contributed by atoms with E-state index in [1.54, 1.807) is 4.90 Å². The zero-order chi connectivity index (χ0) is 14.7. The first-order chi connectivity index (χ1) is 9.52. The van der Waals surface area contributed by atoms with Gasteiger partial charge in [-0.25, -0.2) is 0 Å². The minimum absolute atomic E-state index is 0.0203. The smallest absolute Gasteiger partial charge is 0.247 e. The van der Waals surface area contributed by atoms with Crippen LogP contribution in [0.1, 0.15) is 12.5 Å². The Morgan fingerprint density at radius 1 is 1.50 bits per heavy atom. The van der Waals surface area contributed by atoms with Gasteiger partial charge < -0.3 is 4.90 Å². The Bertz CT molecular complexity index is 544. The van der Waals surface area contributed by atoms with Crippen LogP contribution < -0.4 is 4.90 Å². The van der Waals surface area contributed by atoms with Crippen LogP contribution in [0.25, 0.3) is 0 Å². The molecule has 0 aromatic heterocycles. The molecule has 106 valence electrons. The van der Waals surface area contributed by atoms with E-state index < -0.39 is 0 Å². The number of anilines is 1. The van der Waals surface area contributed by atoms with E-state index in [0.717, 1.165) is 11.3 Å². The molecule has 1 aliphatic heterocycles. The molecular formula is C14H16N2O2S2. The number of carbonyl (C=O) groups excluding carboxylic acids is 2. The van der Waals surface area contributed by atoms with Gasteiger partial charge in [-0.05, 0) is 31.5 Å². The maximum atomic E-state index is 12.4. The van der Waals surface area contributed by atoms with E-state index in [1.807, 2.05) is 38.1 Å². The third kappa shape index (κ3) is 3.19. The lowest BCUT2D eigenvalue weighted by Gasteiger charge is -2.24. The predicted molar refractivity (Wildman–Crippen MR) is 86.0 cm³/mol. The van der Waals surface area contributed by atoms with E-state index >= 15 is 0 Å². The van der Waals surface area contributed by atoms with Gasteiger partial charge in [0.25, 0.3) is 0 Å². The minimum atomic E-state index is -0.115. The van der Waals surface area contributed by atoms with E-state index in [-0.39, 0.29) is 18.4 Å². The van der Waals surface area contributed by atoms with Crippen LogP contribution in [0.4, 0.5) is 5.69 Å². The fraction of sp³-hybridized carbons (Fsp3) is 0.357. The predicted octanol–water partition coefficient (Wildman–Crippen LogP) is 2.21. The first-order valence-electron chi connectivity index (χ1n) is 6.37. The summed E-state index contributed by atoms with van der Waals surface area (Å²) < 4.78 is 0.489. The van der Waals surface area contributed by atoms with Crippen LogP contribution >= 0.6 is 24.0 Å². The average Bonchev–Trinajstić information content (AvgIpc) is 2.71. The fourth-order valence-corrected chi connectivity index (χ4v) is 3.12.